The van der Waals surface area contributed by atoms with Crippen LogP contribution < -0.4 is 5.73 Å². The van der Waals surface area contributed by atoms with Gasteiger partial charge < -0.3 is 10.5 Å². The summed E-state index contributed by atoms with van der Waals surface area (Å²) in [5.74, 6) is 0.503. The Kier molecular flexibility index (Phi) is 2.76. The monoisotopic (exact) mass is 296 g/mol. The van der Waals surface area contributed by atoms with Gasteiger partial charge in [-0.25, -0.2) is 9.67 Å². The van der Waals surface area contributed by atoms with Gasteiger partial charge in [-0.3, -0.25) is 0 Å². The SMILES string of the molecule is Nc1nn([C@H]2CCCCO2)c2ncc(Br)cc12. The third kappa shape index (κ3) is 1.91. The Hall–Kier alpha value is -1.14. The maximum absolute atomic E-state index is 5.90. The van der Waals surface area contributed by atoms with E-state index < -0.39 is 0 Å². The summed E-state index contributed by atoms with van der Waals surface area (Å²) < 4.78 is 8.41. The molecule has 1 atom stereocenters. The number of hydrogen-bond donors (Lipinski definition) is 1. The van der Waals surface area contributed by atoms with Crippen molar-refractivity contribution in [3.05, 3.63) is 16.7 Å². The molecular formula is C11H13BrN4O. The van der Waals surface area contributed by atoms with Crippen molar-refractivity contribution < 1.29 is 4.74 Å². The minimum Gasteiger partial charge on any atom is -0.382 e. The number of halogens is 1. The van der Waals surface area contributed by atoms with Crippen LogP contribution in [0, 0.1) is 0 Å². The lowest BCUT2D eigenvalue weighted by molar-refractivity contribution is -0.0368. The van der Waals surface area contributed by atoms with Crippen molar-refractivity contribution in [3.63, 3.8) is 0 Å². The average molecular weight is 297 g/mol. The Morgan fingerprint density at radius 2 is 2.35 bits per heavy atom. The predicted octanol–water partition coefficient (Wildman–Crippen LogP) is 2.48. The Morgan fingerprint density at radius 1 is 1.47 bits per heavy atom. The summed E-state index contributed by atoms with van der Waals surface area (Å²) in [6.07, 6.45) is 4.96. The summed E-state index contributed by atoms with van der Waals surface area (Å²) in [7, 11) is 0. The van der Waals surface area contributed by atoms with Crippen LogP contribution in [0.15, 0.2) is 16.7 Å². The molecule has 3 heterocycles. The number of aromatic nitrogens is 3. The standard InChI is InChI=1S/C11H13BrN4O/c12-7-5-8-10(13)15-16(11(8)14-6-7)9-3-1-2-4-17-9/h5-6,9H,1-4H2,(H2,13,15)/t9-/m1/s1. The van der Waals surface area contributed by atoms with Crippen molar-refractivity contribution in [3.8, 4) is 0 Å². The molecule has 2 N–H and O–H groups in total. The number of nitrogens with zero attached hydrogens (tertiary/aromatic N) is 3. The van der Waals surface area contributed by atoms with E-state index in [2.05, 4.69) is 26.0 Å². The fourth-order valence-corrected chi connectivity index (χ4v) is 2.47. The number of rotatable bonds is 1. The van der Waals surface area contributed by atoms with E-state index in [1.54, 1.807) is 10.9 Å². The summed E-state index contributed by atoms with van der Waals surface area (Å²) in [5.41, 5.74) is 6.69. The lowest BCUT2D eigenvalue weighted by Gasteiger charge is -2.22. The quantitative estimate of drug-likeness (QED) is 0.878. The zero-order chi connectivity index (χ0) is 11.8. The van der Waals surface area contributed by atoms with E-state index in [9.17, 15) is 0 Å². The Morgan fingerprint density at radius 3 is 3.12 bits per heavy atom. The fraction of sp³-hybridized carbons (Fsp3) is 0.455. The summed E-state index contributed by atoms with van der Waals surface area (Å²) in [4.78, 5) is 4.37. The lowest BCUT2D eigenvalue weighted by atomic mass is 10.2. The third-order valence-corrected chi connectivity index (χ3v) is 3.40. The van der Waals surface area contributed by atoms with E-state index >= 15 is 0 Å². The molecule has 0 spiro atoms. The van der Waals surface area contributed by atoms with Gasteiger partial charge in [0.1, 0.15) is 0 Å². The molecule has 0 aromatic carbocycles. The van der Waals surface area contributed by atoms with Gasteiger partial charge in [0.25, 0.3) is 0 Å². The molecule has 0 bridgehead atoms. The number of pyridine rings is 1. The van der Waals surface area contributed by atoms with Gasteiger partial charge in [0.2, 0.25) is 0 Å². The second-order valence-corrected chi connectivity index (χ2v) is 5.09. The number of nitrogen functional groups attached to an aromatic ring is 1. The zero-order valence-corrected chi connectivity index (χ0v) is 10.9. The molecule has 0 aliphatic carbocycles. The molecule has 0 radical (unpaired) electrons. The Labute approximate surface area is 107 Å². The van der Waals surface area contributed by atoms with Crippen LogP contribution in [0.5, 0.6) is 0 Å². The van der Waals surface area contributed by atoms with E-state index in [0.717, 1.165) is 41.4 Å². The minimum atomic E-state index is -0.0303. The van der Waals surface area contributed by atoms with Crippen molar-refractivity contribution in [2.24, 2.45) is 0 Å². The first-order chi connectivity index (χ1) is 8.25. The maximum Gasteiger partial charge on any atom is 0.162 e. The molecule has 5 nitrogen and oxygen atoms in total. The first-order valence-corrected chi connectivity index (χ1v) is 6.46. The topological polar surface area (TPSA) is 66.0 Å². The van der Waals surface area contributed by atoms with Crippen LogP contribution in [0.1, 0.15) is 25.5 Å². The molecular weight excluding hydrogens is 284 g/mol. The van der Waals surface area contributed by atoms with Crippen LogP contribution in [-0.4, -0.2) is 21.4 Å². The van der Waals surface area contributed by atoms with Gasteiger partial charge in [0.15, 0.2) is 17.7 Å². The van der Waals surface area contributed by atoms with Crippen molar-refractivity contribution >= 4 is 32.8 Å². The smallest absolute Gasteiger partial charge is 0.162 e. The predicted molar refractivity (Wildman–Crippen MR) is 68.5 cm³/mol. The van der Waals surface area contributed by atoms with Crippen molar-refractivity contribution in [1.29, 1.82) is 0 Å². The van der Waals surface area contributed by atoms with E-state index in [1.807, 2.05) is 6.07 Å². The number of fused-ring (bicyclic) bond motifs is 1. The fourth-order valence-electron chi connectivity index (χ4n) is 2.14. The summed E-state index contributed by atoms with van der Waals surface area (Å²) in [6, 6.07) is 1.93. The first-order valence-electron chi connectivity index (χ1n) is 5.66. The van der Waals surface area contributed by atoms with E-state index in [4.69, 9.17) is 10.5 Å². The van der Waals surface area contributed by atoms with Crippen LogP contribution >= 0.6 is 15.9 Å². The Bertz CT molecular complexity index is 548. The highest BCUT2D eigenvalue weighted by Gasteiger charge is 2.20. The van der Waals surface area contributed by atoms with Crippen molar-refractivity contribution in [2.75, 3.05) is 12.3 Å². The molecule has 2 aromatic rings. The second kappa shape index (κ2) is 4.27. The van der Waals surface area contributed by atoms with Crippen LogP contribution in [0.4, 0.5) is 5.82 Å². The highest BCUT2D eigenvalue weighted by atomic mass is 79.9. The first kappa shape index (κ1) is 11.0. The molecule has 2 aromatic heterocycles. The molecule has 1 aliphatic rings. The van der Waals surface area contributed by atoms with E-state index in [-0.39, 0.29) is 6.23 Å². The summed E-state index contributed by atoms with van der Waals surface area (Å²) in [5, 5.41) is 5.21. The van der Waals surface area contributed by atoms with Crippen LogP contribution in [-0.2, 0) is 4.74 Å². The summed E-state index contributed by atoms with van der Waals surface area (Å²) in [6.45, 7) is 0.780. The number of hydrogen-bond acceptors (Lipinski definition) is 4. The largest absolute Gasteiger partial charge is 0.382 e. The highest BCUT2D eigenvalue weighted by Crippen LogP contribution is 2.29. The van der Waals surface area contributed by atoms with E-state index in [0.29, 0.717) is 5.82 Å². The summed E-state index contributed by atoms with van der Waals surface area (Å²) >= 11 is 3.39. The van der Waals surface area contributed by atoms with Gasteiger partial charge >= 0.3 is 0 Å². The molecule has 6 heteroatoms. The van der Waals surface area contributed by atoms with Gasteiger partial charge in [-0.15, -0.1) is 0 Å². The molecule has 1 aliphatic heterocycles. The van der Waals surface area contributed by atoms with E-state index in [1.165, 1.54) is 0 Å². The van der Waals surface area contributed by atoms with Gasteiger partial charge in [-0.05, 0) is 41.3 Å². The third-order valence-electron chi connectivity index (χ3n) is 2.97. The molecule has 90 valence electrons. The maximum atomic E-state index is 5.90. The van der Waals surface area contributed by atoms with Crippen molar-refractivity contribution in [1.82, 2.24) is 14.8 Å². The zero-order valence-electron chi connectivity index (χ0n) is 9.27. The minimum absolute atomic E-state index is 0.0303. The highest BCUT2D eigenvalue weighted by molar-refractivity contribution is 9.10. The molecule has 3 rings (SSSR count). The Balaban J connectivity index is 2.10. The lowest BCUT2D eigenvalue weighted by Crippen LogP contribution is -2.19. The molecule has 0 amide bonds. The normalized spacial score (nSPS) is 20.9. The number of ether oxygens (including phenoxy) is 1. The molecule has 0 unspecified atom stereocenters. The van der Waals surface area contributed by atoms with Gasteiger partial charge in [0.05, 0.1) is 5.39 Å². The average Bonchev–Trinajstić information content (AvgIpc) is 2.68. The van der Waals surface area contributed by atoms with Crippen molar-refractivity contribution in [2.45, 2.75) is 25.5 Å². The number of anilines is 1. The number of nitrogens with two attached hydrogens (primary N) is 1. The molecule has 1 saturated heterocycles. The molecule has 0 saturated carbocycles. The second-order valence-electron chi connectivity index (χ2n) is 4.18. The molecule has 1 fully saturated rings. The van der Waals surface area contributed by atoms with Crippen LogP contribution in [0.2, 0.25) is 0 Å². The van der Waals surface area contributed by atoms with Gasteiger partial charge in [0, 0.05) is 17.3 Å². The molecule has 17 heavy (non-hydrogen) atoms. The van der Waals surface area contributed by atoms with Crippen LogP contribution in [0.3, 0.4) is 0 Å². The van der Waals surface area contributed by atoms with Gasteiger partial charge in [-0.2, -0.15) is 5.10 Å². The van der Waals surface area contributed by atoms with Crippen LogP contribution in [0.25, 0.3) is 11.0 Å². The van der Waals surface area contributed by atoms with Gasteiger partial charge in [-0.1, -0.05) is 0 Å².